The second-order valence-electron chi connectivity index (χ2n) is 3.34. The third-order valence-electron chi connectivity index (χ3n) is 1.02. The van der Waals surface area contributed by atoms with Crippen molar-refractivity contribution in [2.75, 3.05) is 34.3 Å². The Bertz CT molecular complexity index is 163. The molecule has 0 fully saturated rings. The minimum Gasteiger partial charge on any atom is -1.00 e. The molecule has 0 saturated carbocycles. The first-order valence-electron chi connectivity index (χ1n) is 3.21. The van der Waals surface area contributed by atoms with Crippen molar-refractivity contribution in [1.82, 2.24) is 0 Å². The maximum atomic E-state index is 10.3. The van der Waals surface area contributed by atoms with E-state index in [1.54, 1.807) is 0 Å². The first-order valence-corrected chi connectivity index (χ1v) is 7.58. The normalized spacial score (nSPS) is 12.4. The molecule has 0 aliphatic rings. The largest absolute Gasteiger partial charge is 1.00 e. The zero-order valence-electron chi connectivity index (χ0n) is 7.40. The van der Waals surface area contributed by atoms with E-state index in [-0.39, 0.29) is 23.6 Å². The zero-order chi connectivity index (χ0) is 9.12. The molecule has 2 N–H and O–H groups in total. The molecule has 7 heteroatoms. The van der Waals surface area contributed by atoms with Crippen molar-refractivity contribution >= 4 is 20.1 Å². The van der Waals surface area contributed by atoms with Crippen molar-refractivity contribution in [3.8, 4) is 0 Å². The Labute approximate surface area is 88.4 Å². The van der Waals surface area contributed by atoms with E-state index in [2.05, 4.69) is 3.02 Å². The van der Waals surface area contributed by atoms with Crippen LogP contribution >= 0.6 is 0 Å². The summed E-state index contributed by atoms with van der Waals surface area (Å²) in [4.78, 5) is 0. The Hall–Kier alpha value is 0.938. The van der Waals surface area contributed by atoms with Gasteiger partial charge in [0.2, 0.25) is 0 Å². The molecular formula is C5H15BrNO4Sb. The van der Waals surface area contributed by atoms with E-state index in [4.69, 9.17) is 6.77 Å². The van der Waals surface area contributed by atoms with Crippen LogP contribution in [0.1, 0.15) is 0 Å². The fourth-order valence-corrected chi connectivity index (χ4v) is 1.35. The number of rotatable bonds is 4. The third kappa shape index (κ3) is 13.5. The Morgan fingerprint density at radius 2 is 1.75 bits per heavy atom. The Morgan fingerprint density at radius 3 is 2.00 bits per heavy atom. The van der Waals surface area contributed by atoms with Gasteiger partial charge in [0.15, 0.2) is 0 Å². The second kappa shape index (κ2) is 5.62. The topological polar surface area (TPSA) is 66.8 Å². The minimum absolute atomic E-state index is 0. The monoisotopic (exact) mass is 353 g/mol. The number of halogens is 1. The molecule has 0 aromatic carbocycles. The van der Waals surface area contributed by atoms with E-state index >= 15 is 0 Å². The average molecular weight is 355 g/mol. The Morgan fingerprint density at radius 1 is 1.33 bits per heavy atom. The van der Waals surface area contributed by atoms with Crippen molar-refractivity contribution in [2.45, 2.75) is 0 Å². The average Bonchev–Trinajstić information content (AvgIpc) is 1.55. The summed E-state index contributed by atoms with van der Waals surface area (Å²) in [5, 5.41) is 0. The summed E-state index contributed by atoms with van der Waals surface area (Å²) in [6.45, 7) is 0.713. The zero-order valence-corrected chi connectivity index (χ0v) is 11.5. The SMILES string of the molecule is C[N+](C)(C)CC[O][Sb](=[O])([OH])[OH].[Br-]. The van der Waals surface area contributed by atoms with Crippen LogP contribution in [0.4, 0.5) is 0 Å². The summed E-state index contributed by atoms with van der Waals surface area (Å²) in [7, 11) is 5.79. The van der Waals surface area contributed by atoms with Gasteiger partial charge in [0.25, 0.3) is 0 Å². The molecule has 0 saturated heterocycles. The van der Waals surface area contributed by atoms with Gasteiger partial charge in [-0.05, 0) is 0 Å². The molecule has 5 nitrogen and oxygen atoms in total. The Balaban J connectivity index is 0. The standard InChI is InChI=1S/C5H13NO.BrH.2H2O.O.Sb/c1-6(2,3)4-5-7;;;;;/h4-5H2,1-3H3;1H;2*1H2;;/q;;;;;+3/p-3. The summed E-state index contributed by atoms with van der Waals surface area (Å²) >= 11 is -5.08. The van der Waals surface area contributed by atoms with Gasteiger partial charge < -0.3 is 17.0 Å². The number of likely N-dealkylation sites (N-methyl/N-ethyl adjacent to an activating group) is 1. The van der Waals surface area contributed by atoms with Gasteiger partial charge in [-0.1, -0.05) is 0 Å². The van der Waals surface area contributed by atoms with E-state index in [1.165, 1.54) is 0 Å². The molecule has 0 spiro atoms. The van der Waals surface area contributed by atoms with Crippen LogP contribution in [-0.2, 0) is 6.03 Å². The van der Waals surface area contributed by atoms with E-state index in [0.29, 0.717) is 11.0 Å². The molecule has 0 aliphatic carbocycles. The molecule has 0 amide bonds. The van der Waals surface area contributed by atoms with Crippen LogP contribution in [0.3, 0.4) is 0 Å². The first-order chi connectivity index (χ1) is 4.71. The van der Waals surface area contributed by atoms with Crippen LogP contribution in [-0.4, -0.2) is 65.6 Å². The first kappa shape index (κ1) is 15.4. The molecule has 76 valence electrons. The van der Waals surface area contributed by atoms with Crippen molar-refractivity contribution < 1.29 is 34.3 Å². The van der Waals surface area contributed by atoms with Gasteiger partial charge >= 0.3 is 71.6 Å². The molecule has 0 radical (unpaired) electrons. The molecule has 0 bridgehead atoms. The van der Waals surface area contributed by atoms with Gasteiger partial charge in [-0.25, -0.2) is 0 Å². The summed E-state index contributed by atoms with van der Waals surface area (Å²) in [5.41, 5.74) is 0. The van der Waals surface area contributed by atoms with E-state index < -0.39 is 20.1 Å². The van der Waals surface area contributed by atoms with Crippen molar-refractivity contribution in [3.63, 3.8) is 0 Å². The molecular weight excluding hydrogens is 340 g/mol. The van der Waals surface area contributed by atoms with Gasteiger partial charge in [0.1, 0.15) is 0 Å². The maximum Gasteiger partial charge on any atom is -1.00 e. The predicted molar refractivity (Wildman–Crippen MR) is 39.7 cm³/mol. The molecule has 0 aliphatic heterocycles. The maximum absolute atomic E-state index is 10.3. The van der Waals surface area contributed by atoms with Crippen LogP contribution < -0.4 is 17.0 Å². The van der Waals surface area contributed by atoms with Crippen molar-refractivity contribution in [1.29, 1.82) is 0 Å². The number of hydrogen-bond acceptors (Lipinski definition) is 2. The van der Waals surface area contributed by atoms with E-state index in [1.807, 2.05) is 21.1 Å². The van der Waals surface area contributed by atoms with Gasteiger partial charge in [-0.15, -0.1) is 0 Å². The van der Waals surface area contributed by atoms with Crippen LogP contribution in [0.15, 0.2) is 0 Å². The summed E-state index contributed by atoms with van der Waals surface area (Å²) in [6, 6.07) is 0. The predicted octanol–water partition coefficient (Wildman–Crippen LogP) is -4.44. The van der Waals surface area contributed by atoms with Crippen LogP contribution in [0.2, 0.25) is 0 Å². The number of hydrogen-bond donors (Lipinski definition) is 2. The molecule has 0 aromatic rings. The van der Waals surface area contributed by atoms with Crippen LogP contribution in [0, 0.1) is 0 Å². The molecule has 0 aromatic heterocycles. The summed E-state index contributed by atoms with van der Waals surface area (Å²) in [6.07, 6.45) is 0. The van der Waals surface area contributed by atoms with Crippen molar-refractivity contribution in [3.05, 3.63) is 0 Å². The second-order valence-corrected chi connectivity index (χ2v) is 6.87. The fourth-order valence-electron chi connectivity index (χ4n) is 0.434. The quantitative estimate of drug-likeness (QED) is 0.395. The molecule has 0 heterocycles. The number of quaternary nitrogens is 1. The Kier molecular flexibility index (Phi) is 7.22. The fraction of sp³-hybridized carbons (Fsp3) is 1.00. The summed E-state index contributed by atoms with van der Waals surface area (Å²) in [5.74, 6) is 0. The molecule has 12 heavy (non-hydrogen) atoms. The van der Waals surface area contributed by atoms with Crippen molar-refractivity contribution in [2.24, 2.45) is 0 Å². The van der Waals surface area contributed by atoms with Crippen LogP contribution in [0.25, 0.3) is 0 Å². The third-order valence-corrected chi connectivity index (χ3v) is 2.50. The van der Waals surface area contributed by atoms with E-state index in [0.717, 1.165) is 0 Å². The smallest absolute Gasteiger partial charge is 1.00 e. The van der Waals surface area contributed by atoms with Gasteiger partial charge in [0.05, 0.1) is 0 Å². The number of nitrogens with zero attached hydrogens (tertiary/aromatic N) is 1. The molecule has 0 rings (SSSR count). The van der Waals surface area contributed by atoms with Gasteiger partial charge in [-0.3, -0.25) is 0 Å². The molecule has 0 unspecified atom stereocenters. The van der Waals surface area contributed by atoms with Gasteiger partial charge in [-0.2, -0.15) is 0 Å². The summed E-state index contributed by atoms with van der Waals surface area (Å²) < 4.78 is 32.0. The van der Waals surface area contributed by atoms with Crippen LogP contribution in [0.5, 0.6) is 0 Å². The van der Waals surface area contributed by atoms with E-state index in [9.17, 15) is 3.02 Å². The molecule has 0 atom stereocenters. The van der Waals surface area contributed by atoms with Gasteiger partial charge in [0, 0.05) is 0 Å². The minimum atomic E-state index is -5.08.